The summed E-state index contributed by atoms with van der Waals surface area (Å²) in [6, 6.07) is 9.34. The Morgan fingerprint density at radius 2 is 1.68 bits per heavy atom. The molecule has 1 aliphatic rings. The quantitative estimate of drug-likeness (QED) is 0.812. The lowest BCUT2D eigenvalue weighted by molar-refractivity contribution is 0.0716. The third-order valence-corrected chi connectivity index (χ3v) is 4.51. The summed E-state index contributed by atoms with van der Waals surface area (Å²) in [4.78, 5) is 32.9. The highest BCUT2D eigenvalue weighted by Crippen LogP contribution is 2.15. The summed E-state index contributed by atoms with van der Waals surface area (Å²) in [5, 5.41) is 0. The molecule has 148 valence electrons. The molecule has 3 rings (SSSR count). The molecule has 2 aromatic rings. The second-order valence-electron chi connectivity index (χ2n) is 6.97. The van der Waals surface area contributed by atoms with Gasteiger partial charge in [0.15, 0.2) is 0 Å². The SMILES string of the molecule is CC(C)Oc1ccc(C(=O)N2CCCN(C(=O)c3ccccc3F)CC2)cn1. The first-order valence-electron chi connectivity index (χ1n) is 9.41. The zero-order chi connectivity index (χ0) is 20.1. The van der Waals surface area contributed by atoms with Gasteiger partial charge in [0.05, 0.1) is 17.2 Å². The van der Waals surface area contributed by atoms with Gasteiger partial charge in [-0.3, -0.25) is 9.59 Å². The van der Waals surface area contributed by atoms with Crippen LogP contribution in [0.5, 0.6) is 5.88 Å². The van der Waals surface area contributed by atoms with Crippen molar-refractivity contribution in [1.29, 1.82) is 0 Å². The van der Waals surface area contributed by atoms with Crippen LogP contribution in [0.4, 0.5) is 4.39 Å². The predicted molar refractivity (Wildman–Crippen MR) is 103 cm³/mol. The fourth-order valence-electron chi connectivity index (χ4n) is 3.13. The number of carbonyl (C=O) groups is 2. The van der Waals surface area contributed by atoms with Crippen molar-refractivity contribution < 1.29 is 18.7 Å². The Morgan fingerprint density at radius 3 is 2.29 bits per heavy atom. The summed E-state index contributed by atoms with van der Waals surface area (Å²) in [5.74, 6) is -0.531. The minimum absolute atomic E-state index is 0.0117. The van der Waals surface area contributed by atoms with Gasteiger partial charge in [-0.25, -0.2) is 9.37 Å². The Labute approximate surface area is 163 Å². The summed E-state index contributed by atoms with van der Waals surface area (Å²) in [5.41, 5.74) is 0.539. The van der Waals surface area contributed by atoms with Crippen LogP contribution in [0.15, 0.2) is 42.6 Å². The van der Waals surface area contributed by atoms with Crippen LogP contribution in [0, 0.1) is 5.82 Å². The molecule has 2 heterocycles. The number of nitrogens with zero attached hydrogens (tertiary/aromatic N) is 3. The number of ether oxygens (including phenoxy) is 1. The maximum atomic E-state index is 13.9. The van der Waals surface area contributed by atoms with Gasteiger partial charge in [-0.05, 0) is 38.5 Å². The minimum Gasteiger partial charge on any atom is -0.475 e. The highest BCUT2D eigenvalue weighted by molar-refractivity contribution is 5.95. The molecule has 0 bridgehead atoms. The average Bonchev–Trinajstić information content (AvgIpc) is 2.94. The Balaban J connectivity index is 1.64. The summed E-state index contributed by atoms with van der Waals surface area (Å²) in [6.07, 6.45) is 2.15. The van der Waals surface area contributed by atoms with Crippen molar-refractivity contribution in [3.8, 4) is 5.88 Å². The van der Waals surface area contributed by atoms with E-state index in [9.17, 15) is 14.0 Å². The van der Waals surface area contributed by atoms with Crippen LogP contribution in [-0.4, -0.2) is 58.9 Å². The number of hydrogen-bond donors (Lipinski definition) is 0. The highest BCUT2D eigenvalue weighted by Gasteiger charge is 2.25. The molecule has 0 N–H and O–H groups in total. The van der Waals surface area contributed by atoms with E-state index in [4.69, 9.17) is 4.74 Å². The van der Waals surface area contributed by atoms with Gasteiger partial charge in [0, 0.05) is 38.4 Å². The second-order valence-corrected chi connectivity index (χ2v) is 6.97. The summed E-state index contributed by atoms with van der Waals surface area (Å²) < 4.78 is 19.4. The smallest absolute Gasteiger partial charge is 0.256 e. The predicted octanol–water partition coefficient (Wildman–Crippen LogP) is 3.00. The van der Waals surface area contributed by atoms with E-state index < -0.39 is 5.82 Å². The molecule has 7 heteroatoms. The molecule has 1 saturated heterocycles. The fourth-order valence-corrected chi connectivity index (χ4v) is 3.13. The zero-order valence-corrected chi connectivity index (χ0v) is 16.1. The number of benzene rings is 1. The number of halogens is 1. The molecule has 0 atom stereocenters. The molecule has 6 nitrogen and oxygen atoms in total. The van der Waals surface area contributed by atoms with E-state index >= 15 is 0 Å². The van der Waals surface area contributed by atoms with Crippen LogP contribution in [0.25, 0.3) is 0 Å². The van der Waals surface area contributed by atoms with Crippen LogP contribution >= 0.6 is 0 Å². The second kappa shape index (κ2) is 8.82. The molecular weight excluding hydrogens is 361 g/mol. The van der Waals surface area contributed by atoms with Crippen LogP contribution in [0.2, 0.25) is 0 Å². The van der Waals surface area contributed by atoms with Crippen LogP contribution in [-0.2, 0) is 0 Å². The lowest BCUT2D eigenvalue weighted by atomic mass is 10.2. The van der Waals surface area contributed by atoms with Gasteiger partial charge in [0.25, 0.3) is 11.8 Å². The number of hydrogen-bond acceptors (Lipinski definition) is 4. The van der Waals surface area contributed by atoms with Crippen molar-refractivity contribution in [3.63, 3.8) is 0 Å². The van der Waals surface area contributed by atoms with Gasteiger partial charge >= 0.3 is 0 Å². The number of amides is 2. The normalized spacial score (nSPS) is 14.7. The van der Waals surface area contributed by atoms with Crippen molar-refractivity contribution in [3.05, 3.63) is 59.5 Å². The van der Waals surface area contributed by atoms with Crippen LogP contribution < -0.4 is 4.74 Å². The Kier molecular flexibility index (Phi) is 6.23. The van der Waals surface area contributed by atoms with Crippen molar-refractivity contribution in [1.82, 2.24) is 14.8 Å². The van der Waals surface area contributed by atoms with Crippen LogP contribution in [0.1, 0.15) is 41.0 Å². The molecule has 0 radical (unpaired) electrons. The Hall–Kier alpha value is -2.96. The van der Waals surface area contributed by atoms with Gasteiger partial charge in [-0.1, -0.05) is 12.1 Å². The Morgan fingerprint density at radius 1 is 1.00 bits per heavy atom. The molecule has 0 saturated carbocycles. The lowest BCUT2D eigenvalue weighted by Crippen LogP contribution is -2.37. The number of aromatic nitrogens is 1. The topological polar surface area (TPSA) is 62.7 Å². The van der Waals surface area contributed by atoms with E-state index in [0.717, 1.165) is 0 Å². The van der Waals surface area contributed by atoms with Crippen molar-refractivity contribution in [2.24, 2.45) is 0 Å². The molecule has 0 unspecified atom stereocenters. The van der Waals surface area contributed by atoms with E-state index in [1.54, 1.807) is 34.1 Å². The summed E-state index contributed by atoms with van der Waals surface area (Å²) in [7, 11) is 0. The number of carbonyl (C=O) groups excluding carboxylic acids is 2. The van der Waals surface area contributed by atoms with E-state index in [1.807, 2.05) is 13.8 Å². The first kappa shape index (κ1) is 19.8. The van der Waals surface area contributed by atoms with E-state index in [2.05, 4.69) is 4.98 Å². The highest BCUT2D eigenvalue weighted by atomic mass is 19.1. The monoisotopic (exact) mass is 385 g/mol. The maximum absolute atomic E-state index is 13.9. The summed E-state index contributed by atoms with van der Waals surface area (Å²) in [6.45, 7) is 5.59. The standard InChI is InChI=1S/C21H24FN3O3/c1-15(2)28-19-9-8-16(14-23-19)20(26)24-10-5-11-25(13-12-24)21(27)17-6-3-4-7-18(17)22/h3-4,6-9,14-15H,5,10-13H2,1-2H3. The first-order chi connectivity index (χ1) is 13.5. The van der Waals surface area contributed by atoms with Gasteiger partial charge in [-0.2, -0.15) is 0 Å². The van der Waals surface area contributed by atoms with Crippen LogP contribution in [0.3, 0.4) is 0 Å². The molecule has 2 amide bonds. The first-order valence-corrected chi connectivity index (χ1v) is 9.41. The zero-order valence-electron chi connectivity index (χ0n) is 16.1. The molecule has 1 aromatic carbocycles. The van der Waals surface area contributed by atoms with Gasteiger partial charge in [-0.15, -0.1) is 0 Å². The van der Waals surface area contributed by atoms with Crippen molar-refractivity contribution in [2.45, 2.75) is 26.4 Å². The molecular formula is C21H24FN3O3. The number of rotatable bonds is 4. The number of pyridine rings is 1. The minimum atomic E-state index is -0.528. The maximum Gasteiger partial charge on any atom is 0.256 e. The third kappa shape index (κ3) is 4.65. The molecule has 1 aromatic heterocycles. The van der Waals surface area contributed by atoms with E-state index in [-0.39, 0.29) is 23.5 Å². The Bertz CT molecular complexity index is 839. The van der Waals surface area contributed by atoms with Crippen molar-refractivity contribution >= 4 is 11.8 Å². The van der Waals surface area contributed by atoms with Crippen molar-refractivity contribution in [2.75, 3.05) is 26.2 Å². The van der Waals surface area contributed by atoms with E-state index in [1.165, 1.54) is 18.3 Å². The molecule has 1 aliphatic heterocycles. The van der Waals surface area contributed by atoms with Gasteiger partial charge in [0.1, 0.15) is 5.82 Å². The molecule has 28 heavy (non-hydrogen) atoms. The average molecular weight is 385 g/mol. The van der Waals surface area contributed by atoms with Gasteiger partial charge < -0.3 is 14.5 Å². The molecule has 0 spiro atoms. The van der Waals surface area contributed by atoms with E-state index in [0.29, 0.717) is 44.0 Å². The third-order valence-electron chi connectivity index (χ3n) is 4.51. The lowest BCUT2D eigenvalue weighted by Gasteiger charge is -2.22. The molecule has 0 aliphatic carbocycles. The summed E-state index contributed by atoms with van der Waals surface area (Å²) >= 11 is 0. The fraction of sp³-hybridized carbons (Fsp3) is 0.381. The van der Waals surface area contributed by atoms with Gasteiger partial charge in [0.2, 0.25) is 5.88 Å². The largest absolute Gasteiger partial charge is 0.475 e. The molecule has 1 fully saturated rings.